The van der Waals surface area contributed by atoms with Gasteiger partial charge in [-0.1, -0.05) is 24.3 Å². The maximum absolute atomic E-state index is 9.78. The van der Waals surface area contributed by atoms with E-state index in [9.17, 15) is 5.11 Å². The van der Waals surface area contributed by atoms with Crippen LogP contribution in [0.1, 0.15) is 22.7 Å². The summed E-state index contributed by atoms with van der Waals surface area (Å²) in [6.45, 7) is 3.03. The smallest absolute Gasteiger partial charge is 0.134 e. The van der Waals surface area contributed by atoms with Crippen LogP contribution in [0.4, 0.5) is 5.82 Å². The van der Waals surface area contributed by atoms with Gasteiger partial charge in [-0.15, -0.1) is 0 Å². The van der Waals surface area contributed by atoms with Gasteiger partial charge >= 0.3 is 0 Å². The van der Waals surface area contributed by atoms with Crippen molar-refractivity contribution in [2.75, 3.05) is 31.6 Å². The number of piperazine rings is 1. The molecule has 3 heterocycles. The van der Waals surface area contributed by atoms with Gasteiger partial charge in [0.1, 0.15) is 11.6 Å². The van der Waals surface area contributed by atoms with Crippen molar-refractivity contribution in [3.8, 4) is 5.75 Å². The first-order chi connectivity index (χ1) is 10.2. The zero-order valence-electron chi connectivity index (χ0n) is 12.2. The van der Waals surface area contributed by atoms with Gasteiger partial charge < -0.3 is 14.9 Å². The van der Waals surface area contributed by atoms with Gasteiger partial charge in [0.2, 0.25) is 0 Å². The van der Waals surface area contributed by atoms with Crippen molar-refractivity contribution in [1.29, 1.82) is 0 Å². The molecule has 4 heteroatoms. The molecule has 1 N–H and O–H groups in total. The van der Waals surface area contributed by atoms with E-state index in [0.29, 0.717) is 6.04 Å². The summed E-state index contributed by atoms with van der Waals surface area (Å²) in [5.41, 5.74) is 3.85. The van der Waals surface area contributed by atoms with Crippen molar-refractivity contribution in [3.63, 3.8) is 0 Å². The summed E-state index contributed by atoms with van der Waals surface area (Å²) in [6, 6.07) is 10.8. The molecule has 1 aromatic carbocycles. The highest BCUT2D eigenvalue weighted by Crippen LogP contribution is 2.38. The zero-order chi connectivity index (χ0) is 14.4. The second kappa shape index (κ2) is 4.74. The first kappa shape index (κ1) is 12.7. The van der Waals surface area contributed by atoms with Crippen molar-refractivity contribution >= 4 is 5.82 Å². The number of likely N-dealkylation sites (N-methyl/N-ethyl adjacent to an activating group) is 1. The lowest BCUT2D eigenvalue weighted by atomic mass is 9.96. The molecule has 1 aromatic heterocycles. The van der Waals surface area contributed by atoms with Crippen molar-refractivity contribution in [1.82, 2.24) is 9.88 Å². The van der Waals surface area contributed by atoms with Crippen LogP contribution in [0.25, 0.3) is 0 Å². The van der Waals surface area contributed by atoms with E-state index in [1.54, 1.807) is 6.20 Å². The molecule has 4 nitrogen and oxygen atoms in total. The highest BCUT2D eigenvalue weighted by molar-refractivity contribution is 5.57. The van der Waals surface area contributed by atoms with Crippen LogP contribution >= 0.6 is 0 Å². The first-order valence-corrected chi connectivity index (χ1v) is 7.43. The fourth-order valence-corrected chi connectivity index (χ4v) is 3.54. The zero-order valence-corrected chi connectivity index (χ0v) is 12.2. The first-order valence-electron chi connectivity index (χ1n) is 7.43. The SMILES string of the molecule is CN1CCN2c3ncc(O)cc3Cc3ccccc3[C@H]2C1. The highest BCUT2D eigenvalue weighted by Gasteiger charge is 2.32. The van der Waals surface area contributed by atoms with Crippen LogP contribution in [0, 0.1) is 0 Å². The summed E-state index contributed by atoms with van der Waals surface area (Å²) >= 11 is 0. The van der Waals surface area contributed by atoms with Gasteiger partial charge in [0.15, 0.2) is 0 Å². The number of rotatable bonds is 0. The molecule has 1 saturated heterocycles. The Morgan fingerprint density at radius 3 is 2.95 bits per heavy atom. The molecule has 0 spiro atoms. The summed E-state index contributed by atoms with van der Waals surface area (Å²) in [5.74, 6) is 1.28. The molecule has 108 valence electrons. The van der Waals surface area contributed by atoms with Crippen LogP contribution in [0.2, 0.25) is 0 Å². The molecule has 1 fully saturated rings. The second-order valence-corrected chi connectivity index (χ2v) is 6.02. The van der Waals surface area contributed by atoms with E-state index < -0.39 is 0 Å². The summed E-state index contributed by atoms with van der Waals surface area (Å²) in [4.78, 5) is 9.31. The highest BCUT2D eigenvalue weighted by atomic mass is 16.3. The average molecular weight is 281 g/mol. The molecule has 0 bridgehead atoms. The van der Waals surface area contributed by atoms with Gasteiger partial charge in [-0.25, -0.2) is 4.98 Å². The topological polar surface area (TPSA) is 39.6 Å². The van der Waals surface area contributed by atoms with Crippen LogP contribution in [0.15, 0.2) is 36.5 Å². The number of nitrogens with zero attached hydrogens (tertiary/aromatic N) is 3. The molecule has 0 radical (unpaired) electrons. The number of hydrogen-bond donors (Lipinski definition) is 1. The maximum Gasteiger partial charge on any atom is 0.134 e. The molecular formula is C17H19N3O. The predicted molar refractivity (Wildman–Crippen MR) is 82.7 cm³/mol. The van der Waals surface area contributed by atoms with E-state index in [2.05, 4.69) is 46.1 Å². The van der Waals surface area contributed by atoms with Crippen LogP contribution in [0.3, 0.4) is 0 Å². The normalized spacial score (nSPS) is 21.2. The van der Waals surface area contributed by atoms with E-state index in [1.165, 1.54) is 11.1 Å². The molecule has 0 aliphatic carbocycles. The van der Waals surface area contributed by atoms with Crippen LogP contribution in [0.5, 0.6) is 5.75 Å². The van der Waals surface area contributed by atoms with Gasteiger partial charge in [-0.05, 0) is 24.2 Å². The molecule has 1 atom stereocenters. The van der Waals surface area contributed by atoms with Gasteiger partial charge in [-0.2, -0.15) is 0 Å². The molecular weight excluding hydrogens is 262 g/mol. The standard InChI is InChI=1S/C17H19N3O/c1-19-6-7-20-16(11-19)15-5-3-2-4-12(15)8-13-9-14(21)10-18-17(13)20/h2-5,9-10,16,21H,6-8,11H2,1H3/t16-/m1/s1. The molecule has 2 aromatic rings. The van der Waals surface area contributed by atoms with Crippen molar-refractivity contribution in [3.05, 3.63) is 53.2 Å². The number of anilines is 1. The lowest BCUT2D eigenvalue weighted by Gasteiger charge is -2.41. The number of benzene rings is 1. The van der Waals surface area contributed by atoms with E-state index in [4.69, 9.17) is 0 Å². The van der Waals surface area contributed by atoms with Gasteiger partial charge in [0.05, 0.1) is 12.2 Å². The van der Waals surface area contributed by atoms with Gasteiger partial charge in [0.25, 0.3) is 0 Å². The van der Waals surface area contributed by atoms with E-state index in [0.717, 1.165) is 37.4 Å². The summed E-state index contributed by atoms with van der Waals surface area (Å²) in [5, 5.41) is 9.78. The van der Waals surface area contributed by atoms with Crippen molar-refractivity contribution < 1.29 is 5.11 Å². The molecule has 21 heavy (non-hydrogen) atoms. The van der Waals surface area contributed by atoms with Crippen LogP contribution in [-0.2, 0) is 6.42 Å². The minimum absolute atomic E-state index is 0.249. The largest absolute Gasteiger partial charge is 0.506 e. The Balaban J connectivity index is 1.90. The minimum atomic E-state index is 0.249. The fraction of sp³-hybridized carbons (Fsp3) is 0.353. The summed E-state index contributed by atoms with van der Waals surface area (Å²) in [6.07, 6.45) is 2.40. The summed E-state index contributed by atoms with van der Waals surface area (Å²) < 4.78 is 0. The molecule has 0 amide bonds. The molecule has 2 aliphatic rings. The van der Waals surface area contributed by atoms with Crippen molar-refractivity contribution in [2.45, 2.75) is 12.5 Å². The van der Waals surface area contributed by atoms with Crippen LogP contribution < -0.4 is 4.90 Å². The minimum Gasteiger partial charge on any atom is -0.506 e. The number of aromatic nitrogens is 1. The predicted octanol–water partition coefficient (Wildman–Crippen LogP) is 2.18. The Morgan fingerprint density at radius 1 is 1.19 bits per heavy atom. The van der Waals surface area contributed by atoms with Gasteiger partial charge in [0, 0.05) is 31.6 Å². The van der Waals surface area contributed by atoms with Gasteiger partial charge in [-0.3, -0.25) is 0 Å². The summed E-state index contributed by atoms with van der Waals surface area (Å²) in [7, 11) is 2.18. The molecule has 0 saturated carbocycles. The second-order valence-electron chi connectivity index (χ2n) is 6.02. The maximum atomic E-state index is 9.78. The molecule has 4 rings (SSSR count). The number of hydrogen-bond acceptors (Lipinski definition) is 4. The molecule has 0 unspecified atom stereocenters. The number of pyridine rings is 1. The number of fused-ring (bicyclic) bond motifs is 5. The average Bonchev–Trinajstić information content (AvgIpc) is 2.61. The third kappa shape index (κ3) is 2.07. The Morgan fingerprint density at radius 2 is 2.05 bits per heavy atom. The quantitative estimate of drug-likeness (QED) is 0.803. The third-order valence-electron chi connectivity index (χ3n) is 4.58. The number of aromatic hydroxyl groups is 1. The monoisotopic (exact) mass is 281 g/mol. The van der Waals surface area contributed by atoms with E-state index >= 15 is 0 Å². The Bertz CT molecular complexity index is 685. The lowest BCUT2D eigenvalue weighted by Crippen LogP contribution is -2.47. The Hall–Kier alpha value is -2.07. The Kier molecular flexibility index (Phi) is 2.86. The fourth-order valence-electron chi connectivity index (χ4n) is 3.54. The van der Waals surface area contributed by atoms with E-state index in [1.807, 2.05) is 6.07 Å². The van der Waals surface area contributed by atoms with E-state index in [-0.39, 0.29) is 5.75 Å². The van der Waals surface area contributed by atoms with Crippen LogP contribution in [-0.4, -0.2) is 41.7 Å². The third-order valence-corrected chi connectivity index (χ3v) is 4.58. The molecule has 2 aliphatic heterocycles. The Labute approximate surface area is 124 Å². The lowest BCUT2D eigenvalue weighted by molar-refractivity contribution is 0.268. The van der Waals surface area contributed by atoms with Crippen molar-refractivity contribution in [2.24, 2.45) is 0 Å².